The molecule has 0 aliphatic heterocycles. The van der Waals surface area contributed by atoms with E-state index >= 15 is 0 Å². The molecule has 0 amide bonds. The average molecular weight is 253 g/mol. The van der Waals surface area contributed by atoms with Gasteiger partial charge >= 0.3 is 5.97 Å². The highest BCUT2D eigenvalue weighted by Crippen LogP contribution is 2.37. The van der Waals surface area contributed by atoms with Crippen molar-refractivity contribution in [1.29, 1.82) is 0 Å². The third-order valence-electron chi connectivity index (χ3n) is 3.33. The Hall–Kier alpha value is -0.900. The Bertz CT molecular complexity index is 381. The molecule has 1 saturated carbocycles. The molecular weight excluding hydrogens is 234 g/mol. The Kier molecular flexibility index (Phi) is 4.15. The van der Waals surface area contributed by atoms with Crippen LogP contribution >= 0.6 is 11.3 Å². The van der Waals surface area contributed by atoms with Crippen LogP contribution in [-0.4, -0.2) is 17.6 Å². The van der Waals surface area contributed by atoms with Crippen molar-refractivity contribution in [2.45, 2.75) is 45.4 Å². The standard InChI is InChI=1S/C13H19NO2S/c1-3-16-13(15)11-6-4-10(5-7-11)12-14-9(2)8-17-12/h8,10-11H,3-7H2,1-2H3. The maximum atomic E-state index is 11.6. The largest absolute Gasteiger partial charge is 0.466 e. The second-order valence-electron chi connectivity index (χ2n) is 4.63. The molecule has 1 aliphatic rings. The molecule has 94 valence electrons. The summed E-state index contributed by atoms with van der Waals surface area (Å²) in [5.74, 6) is 0.660. The molecular formula is C13H19NO2S. The number of rotatable bonds is 3. The van der Waals surface area contributed by atoms with Crippen LogP contribution < -0.4 is 0 Å². The summed E-state index contributed by atoms with van der Waals surface area (Å²) in [7, 11) is 0. The predicted molar refractivity (Wildman–Crippen MR) is 68.2 cm³/mol. The number of esters is 1. The second-order valence-corrected chi connectivity index (χ2v) is 5.52. The van der Waals surface area contributed by atoms with Crippen molar-refractivity contribution in [3.05, 3.63) is 16.1 Å². The lowest BCUT2D eigenvalue weighted by atomic mass is 9.82. The number of nitrogens with zero attached hydrogens (tertiary/aromatic N) is 1. The van der Waals surface area contributed by atoms with Crippen molar-refractivity contribution in [1.82, 2.24) is 4.98 Å². The molecule has 2 rings (SSSR count). The molecule has 0 bridgehead atoms. The van der Waals surface area contributed by atoms with Crippen molar-refractivity contribution < 1.29 is 9.53 Å². The van der Waals surface area contributed by atoms with Gasteiger partial charge in [-0.05, 0) is 39.5 Å². The predicted octanol–water partition coefficient (Wildman–Crippen LogP) is 3.29. The summed E-state index contributed by atoms with van der Waals surface area (Å²) in [6, 6.07) is 0. The zero-order valence-corrected chi connectivity index (χ0v) is 11.3. The zero-order chi connectivity index (χ0) is 12.3. The van der Waals surface area contributed by atoms with Gasteiger partial charge in [0.1, 0.15) is 0 Å². The summed E-state index contributed by atoms with van der Waals surface area (Å²) in [4.78, 5) is 16.2. The van der Waals surface area contributed by atoms with E-state index in [0.717, 1.165) is 31.4 Å². The number of carbonyl (C=O) groups excluding carboxylic acids is 1. The van der Waals surface area contributed by atoms with Crippen LogP contribution in [0.2, 0.25) is 0 Å². The van der Waals surface area contributed by atoms with Crippen LogP contribution in [0.15, 0.2) is 5.38 Å². The monoisotopic (exact) mass is 253 g/mol. The number of aryl methyl sites for hydroxylation is 1. The molecule has 1 heterocycles. The highest BCUT2D eigenvalue weighted by atomic mass is 32.1. The fourth-order valence-corrected chi connectivity index (χ4v) is 3.36. The van der Waals surface area contributed by atoms with Gasteiger partial charge in [0.15, 0.2) is 0 Å². The van der Waals surface area contributed by atoms with Crippen LogP contribution in [0.5, 0.6) is 0 Å². The van der Waals surface area contributed by atoms with Gasteiger partial charge in [-0.25, -0.2) is 4.98 Å². The van der Waals surface area contributed by atoms with Crippen molar-refractivity contribution in [2.75, 3.05) is 6.61 Å². The van der Waals surface area contributed by atoms with E-state index in [-0.39, 0.29) is 11.9 Å². The van der Waals surface area contributed by atoms with E-state index in [0.29, 0.717) is 12.5 Å². The maximum absolute atomic E-state index is 11.6. The van der Waals surface area contributed by atoms with E-state index < -0.39 is 0 Å². The average Bonchev–Trinajstić information content (AvgIpc) is 2.76. The summed E-state index contributed by atoms with van der Waals surface area (Å²) in [6.07, 6.45) is 4.02. The first-order valence-electron chi connectivity index (χ1n) is 6.29. The molecule has 0 N–H and O–H groups in total. The van der Waals surface area contributed by atoms with Crippen LogP contribution in [-0.2, 0) is 9.53 Å². The fraction of sp³-hybridized carbons (Fsp3) is 0.692. The Morgan fingerprint density at radius 3 is 2.71 bits per heavy atom. The third kappa shape index (κ3) is 3.06. The van der Waals surface area contributed by atoms with E-state index in [2.05, 4.69) is 10.4 Å². The minimum atomic E-state index is -0.0127. The van der Waals surface area contributed by atoms with Gasteiger partial charge in [-0.3, -0.25) is 4.79 Å². The van der Waals surface area contributed by atoms with Gasteiger partial charge in [-0.2, -0.15) is 0 Å². The number of hydrogen-bond acceptors (Lipinski definition) is 4. The third-order valence-corrected chi connectivity index (χ3v) is 4.46. The molecule has 0 saturated heterocycles. The molecule has 1 aliphatic carbocycles. The van der Waals surface area contributed by atoms with Gasteiger partial charge in [0.05, 0.1) is 17.5 Å². The lowest BCUT2D eigenvalue weighted by molar-refractivity contribution is -0.149. The van der Waals surface area contributed by atoms with E-state index in [1.54, 1.807) is 11.3 Å². The SMILES string of the molecule is CCOC(=O)C1CCC(c2nc(C)cs2)CC1. The topological polar surface area (TPSA) is 39.2 Å². The molecule has 0 radical (unpaired) electrons. The van der Waals surface area contributed by atoms with Gasteiger partial charge in [-0.15, -0.1) is 11.3 Å². The first-order chi connectivity index (χ1) is 8.20. The Morgan fingerprint density at radius 1 is 1.47 bits per heavy atom. The normalized spacial score (nSPS) is 24.6. The highest BCUT2D eigenvalue weighted by Gasteiger charge is 2.29. The van der Waals surface area contributed by atoms with Gasteiger partial charge in [0.2, 0.25) is 0 Å². The van der Waals surface area contributed by atoms with Crippen molar-refractivity contribution in [3.63, 3.8) is 0 Å². The Balaban J connectivity index is 1.88. The summed E-state index contributed by atoms with van der Waals surface area (Å²) in [5, 5.41) is 3.34. The van der Waals surface area contributed by atoms with Crippen LogP contribution in [0.3, 0.4) is 0 Å². The number of aromatic nitrogens is 1. The van der Waals surface area contributed by atoms with Crippen molar-refractivity contribution >= 4 is 17.3 Å². The van der Waals surface area contributed by atoms with Crippen LogP contribution in [0, 0.1) is 12.8 Å². The second kappa shape index (κ2) is 5.63. The number of hydrogen-bond donors (Lipinski definition) is 0. The minimum Gasteiger partial charge on any atom is -0.466 e. The molecule has 1 aromatic heterocycles. The molecule has 0 aromatic carbocycles. The Labute approximate surface area is 106 Å². The van der Waals surface area contributed by atoms with Crippen molar-refractivity contribution in [2.24, 2.45) is 5.92 Å². The molecule has 17 heavy (non-hydrogen) atoms. The first kappa shape index (κ1) is 12.6. The summed E-state index contributed by atoms with van der Waals surface area (Å²) in [5.41, 5.74) is 1.11. The number of ether oxygens (including phenoxy) is 1. The van der Waals surface area contributed by atoms with E-state index in [1.165, 1.54) is 5.01 Å². The van der Waals surface area contributed by atoms with E-state index in [4.69, 9.17) is 4.74 Å². The quantitative estimate of drug-likeness (QED) is 0.776. The van der Waals surface area contributed by atoms with Crippen molar-refractivity contribution in [3.8, 4) is 0 Å². The van der Waals surface area contributed by atoms with Gasteiger partial charge < -0.3 is 4.74 Å². The highest BCUT2D eigenvalue weighted by molar-refractivity contribution is 7.09. The lowest BCUT2D eigenvalue weighted by Gasteiger charge is -2.25. The van der Waals surface area contributed by atoms with E-state index in [9.17, 15) is 4.79 Å². The fourth-order valence-electron chi connectivity index (χ4n) is 2.40. The van der Waals surface area contributed by atoms with Gasteiger partial charge in [0.25, 0.3) is 0 Å². The molecule has 1 aromatic rings. The van der Waals surface area contributed by atoms with Gasteiger partial charge in [-0.1, -0.05) is 0 Å². The molecule has 3 nitrogen and oxygen atoms in total. The van der Waals surface area contributed by atoms with Crippen LogP contribution in [0.25, 0.3) is 0 Å². The van der Waals surface area contributed by atoms with Crippen LogP contribution in [0.1, 0.15) is 49.2 Å². The molecule has 0 unspecified atom stereocenters. The summed E-state index contributed by atoms with van der Waals surface area (Å²) in [6.45, 7) is 4.39. The molecule has 4 heteroatoms. The minimum absolute atomic E-state index is 0.0127. The smallest absolute Gasteiger partial charge is 0.308 e. The Morgan fingerprint density at radius 2 is 2.18 bits per heavy atom. The van der Waals surface area contributed by atoms with E-state index in [1.807, 2.05) is 13.8 Å². The molecule has 0 spiro atoms. The number of carbonyl (C=O) groups is 1. The zero-order valence-electron chi connectivity index (χ0n) is 10.4. The van der Waals surface area contributed by atoms with Gasteiger partial charge in [0, 0.05) is 17.0 Å². The molecule has 0 atom stereocenters. The summed E-state index contributed by atoms with van der Waals surface area (Å²) < 4.78 is 5.07. The molecule has 1 fully saturated rings. The summed E-state index contributed by atoms with van der Waals surface area (Å²) >= 11 is 1.75. The number of thiazole rings is 1. The first-order valence-corrected chi connectivity index (χ1v) is 7.17. The lowest BCUT2D eigenvalue weighted by Crippen LogP contribution is -2.23. The van der Waals surface area contributed by atoms with Crippen LogP contribution in [0.4, 0.5) is 0 Å². The maximum Gasteiger partial charge on any atom is 0.308 e.